The van der Waals surface area contributed by atoms with Crippen molar-refractivity contribution < 1.29 is 14.6 Å². The number of ether oxygens (including phenoxy) is 1. The van der Waals surface area contributed by atoms with E-state index in [0.29, 0.717) is 6.10 Å². The quantitative estimate of drug-likeness (QED) is 0.612. The standard InChI is InChI=1S/C13H24O3S/c1-3-6-13(7-8-13)16-11(2)10-17-9-4-5-12(14)15/h11H,3-10H2,1-2H3,(H,14,15). The largest absolute Gasteiger partial charge is 0.481 e. The van der Waals surface area contributed by atoms with E-state index >= 15 is 0 Å². The summed E-state index contributed by atoms with van der Waals surface area (Å²) in [5.74, 6) is 1.20. The predicted molar refractivity (Wildman–Crippen MR) is 71.6 cm³/mol. The lowest BCUT2D eigenvalue weighted by Gasteiger charge is -2.21. The fourth-order valence-electron chi connectivity index (χ4n) is 2.06. The molecule has 1 saturated carbocycles. The van der Waals surface area contributed by atoms with Crippen molar-refractivity contribution in [3.63, 3.8) is 0 Å². The van der Waals surface area contributed by atoms with Crippen molar-refractivity contribution in [1.82, 2.24) is 0 Å². The Morgan fingerprint density at radius 2 is 2.24 bits per heavy atom. The Hall–Kier alpha value is -0.220. The van der Waals surface area contributed by atoms with Crippen LogP contribution in [0.4, 0.5) is 0 Å². The lowest BCUT2D eigenvalue weighted by molar-refractivity contribution is -0.137. The highest BCUT2D eigenvalue weighted by molar-refractivity contribution is 7.99. The fourth-order valence-corrected chi connectivity index (χ4v) is 2.97. The van der Waals surface area contributed by atoms with E-state index in [4.69, 9.17) is 9.84 Å². The number of hydrogen-bond donors (Lipinski definition) is 1. The smallest absolute Gasteiger partial charge is 0.303 e. The molecule has 17 heavy (non-hydrogen) atoms. The highest BCUT2D eigenvalue weighted by Gasteiger charge is 2.43. The molecule has 0 radical (unpaired) electrons. The second-order valence-corrected chi connectivity index (χ2v) is 6.08. The first-order valence-corrected chi connectivity index (χ1v) is 7.71. The summed E-state index contributed by atoms with van der Waals surface area (Å²) in [5.41, 5.74) is 0.204. The van der Waals surface area contributed by atoms with Gasteiger partial charge in [-0.1, -0.05) is 13.3 Å². The molecule has 0 spiro atoms. The summed E-state index contributed by atoms with van der Waals surface area (Å²) in [6, 6.07) is 0. The number of thioether (sulfide) groups is 1. The summed E-state index contributed by atoms with van der Waals surface area (Å²) >= 11 is 1.80. The Morgan fingerprint density at radius 1 is 1.53 bits per heavy atom. The molecule has 0 aromatic carbocycles. The van der Waals surface area contributed by atoms with Gasteiger partial charge in [0.25, 0.3) is 0 Å². The summed E-state index contributed by atoms with van der Waals surface area (Å²) in [4.78, 5) is 10.3. The molecule has 0 aromatic heterocycles. The van der Waals surface area contributed by atoms with Crippen LogP contribution < -0.4 is 0 Å². The van der Waals surface area contributed by atoms with Gasteiger partial charge < -0.3 is 9.84 Å². The molecule has 0 aromatic rings. The molecule has 3 nitrogen and oxygen atoms in total. The molecule has 1 fully saturated rings. The van der Waals surface area contributed by atoms with Gasteiger partial charge in [0.1, 0.15) is 0 Å². The van der Waals surface area contributed by atoms with Crippen LogP contribution in [0.2, 0.25) is 0 Å². The van der Waals surface area contributed by atoms with Crippen LogP contribution >= 0.6 is 11.8 Å². The number of carboxylic acid groups (broad SMARTS) is 1. The molecule has 0 bridgehead atoms. The zero-order chi connectivity index (χ0) is 12.7. The first-order chi connectivity index (χ1) is 8.08. The first kappa shape index (κ1) is 14.8. The highest BCUT2D eigenvalue weighted by Crippen LogP contribution is 2.44. The van der Waals surface area contributed by atoms with Crippen molar-refractivity contribution in [1.29, 1.82) is 0 Å². The molecule has 1 aliphatic rings. The number of carboxylic acids is 1. The summed E-state index contributed by atoms with van der Waals surface area (Å²) in [6.45, 7) is 4.33. The number of hydrogen-bond acceptors (Lipinski definition) is 3. The molecule has 0 heterocycles. The first-order valence-electron chi connectivity index (χ1n) is 6.55. The van der Waals surface area contributed by atoms with Crippen LogP contribution in [0.25, 0.3) is 0 Å². The Labute approximate surface area is 108 Å². The van der Waals surface area contributed by atoms with Gasteiger partial charge in [0.15, 0.2) is 0 Å². The number of aliphatic carboxylic acids is 1. The topological polar surface area (TPSA) is 46.5 Å². The molecule has 1 atom stereocenters. The third-order valence-corrected chi connectivity index (χ3v) is 4.28. The average molecular weight is 260 g/mol. The Balaban J connectivity index is 2.01. The minimum atomic E-state index is -0.699. The van der Waals surface area contributed by atoms with Crippen LogP contribution in [0.15, 0.2) is 0 Å². The molecule has 4 heteroatoms. The van der Waals surface area contributed by atoms with Crippen molar-refractivity contribution in [2.45, 2.75) is 64.1 Å². The third-order valence-electron chi connectivity index (χ3n) is 3.00. The monoisotopic (exact) mass is 260 g/mol. The van der Waals surface area contributed by atoms with Gasteiger partial charge in [-0.15, -0.1) is 0 Å². The van der Waals surface area contributed by atoms with E-state index in [2.05, 4.69) is 13.8 Å². The molecule has 1 N–H and O–H groups in total. The van der Waals surface area contributed by atoms with Crippen molar-refractivity contribution in [2.75, 3.05) is 11.5 Å². The number of rotatable bonds is 10. The maximum absolute atomic E-state index is 10.3. The Bertz CT molecular complexity index is 239. The normalized spacial score (nSPS) is 18.9. The molecule has 1 unspecified atom stereocenters. The summed E-state index contributed by atoms with van der Waals surface area (Å²) in [5, 5.41) is 8.51. The van der Waals surface area contributed by atoms with Gasteiger partial charge in [0.2, 0.25) is 0 Å². The van der Waals surface area contributed by atoms with Gasteiger partial charge in [-0.05, 0) is 38.4 Å². The second-order valence-electron chi connectivity index (χ2n) is 4.93. The van der Waals surface area contributed by atoms with Crippen LogP contribution in [0.3, 0.4) is 0 Å². The van der Waals surface area contributed by atoms with Crippen molar-refractivity contribution in [3.8, 4) is 0 Å². The van der Waals surface area contributed by atoms with E-state index in [0.717, 1.165) is 17.9 Å². The van der Waals surface area contributed by atoms with Gasteiger partial charge >= 0.3 is 5.97 Å². The lowest BCUT2D eigenvalue weighted by Crippen LogP contribution is -2.23. The number of carbonyl (C=O) groups is 1. The van der Waals surface area contributed by atoms with E-state index in [1.165, 1.54) is 25.7 Å². The second kappa shape index (κ2) is 7.27. The Morgan fingerprint density at radius 3 is 2.76 bits per heavy atom. The van der Waals surface area contributed by atoms with E-state index in [-0.39, 0.29) is 12.0 Å². The predicted octanol–water partition coefficient (Wildman–Crippen LogP) is 3.32. The SMILES string of the molecule is CCCC1(OC(C)CSCCCC(=O)O)CC1. The van der Waals surface area contributed by atoms with Crippen LogP contribution in [0.5, 0.6) is 0 Å². The van der Waals surface area contributed by atoms with Crippen molar-refractivity contribution >= 4 is 17.7 Å². The van der Waals surface area contributed by atoms with E-state index < -0.39 is 5.97 Å². The van der Waals surface area contributed by atoms with Crippen molar-refractivity contribution in [2.24, 2.45) is 0 Å². The molecule has 0 amide bonds. The van der Waals surface area contributed by atoms with Crippen LogP contribution in [0.1, 0.15) is 52.4 Å². The van der Waals surface area contributed by atoms with Crippen LogP contribution in [-0.4, -0.2) is 34.3 Å². The van der Waals surface area contributed by atoms with Gasteiger partial charge in [-0.3, -0.25) is 4.79 Å². The van der Waals surface area contributed by atoms with Crippen molar-refractivity contribution in [3.05, 3.63) is 0 Å². The fraction of sp³-hybridized carbons (Fsp3) is 0.923. The third kappa shape index (κ3) is 6.32. The van der Waals surface area contributed by atoms with Crippen LogP contribution in [-0.2, 0) is 9.53 Å². The Kier molecular flexibility index (Phi) is 6.34. The minimum Gasteiger partial charge on any atom is -0.481 e. The minimum absolute atomic E-state index is 0.204. The summed E-state index contributed by atoms with van der Waals surface area (Å²) in [6.07, 6.45) is 6.14. The molecule has 100 valence electrons. The van der Waals surface area contributed by atoms with E-state index in [9.17, 15) is 4.79 Å². The van der Waals surface area contributed by atoms with Crippen LogP contribution in [0, 0.1) is 0 Å². The maximum atomic E-state index is 10.3. The maximum Gasteiger partial charge on any atom is 0.303 e. The molecular formula is C13H24O3S. The van der Waals surface area contributed by atoms with Gasteiger partial charge in [-0.2, -0.15) is 11.8 Å². The zero-order valence-corrected chi connectivity index (χ0v) is 11.7. The van der Waals surface area contributed by atoms with Gasteiger partial charge in [-0.25, -0.2) is 0 Å². The summed E-state index contributed by atoms with van der Waals surface area (Å²) in [7, 11) is 0. The molecule has 0 aliphatic heterocycles. The van der Waals surface area contributed by atoms with E-state index in [1.54, 1.807) is 11.8 Å². The van der Waals surface area contributed by atoms with E-state index in [1.807, 2.05) is 0 Å². The summed E-state index contributed by atoms with van der Waals surface area (Å²) < 4.78 is 6.08. The highest BCUT2D eigenvalue weighted by atomic mass is 32.2. The molecule has 1 aliphatic carbocycles. The lowest BCUT2D eigenvalue weighted by atomic mass is 10.2. The average Bonchev–Trinajstić information content (AvgIpc) is 2.97. The van der Waals surface area contributed by atoms with Gasteiger partial charge in [0, 0.05) is 12.2 Å². The van der Waals surface area contributed by atoms with Gasteiger partial charge in [0.05, 0.1) is 11.7 Å². The molecule has 1 rings (SSSR count). The zero-order valence-electron chi connectivity index (χ0n) is 10.9. The molecule has 0 saturated heterocycles. The molecular weight excluding hydrogens is 236 g/mol.